The lowest BCUT2D eigenvalue weighted by atomic mass is 10.00. The van der Waals surface area contributed by atoms with Crippen molar-refractivity contribution in [1.82, 2.24) is 9.21 Å². The van der Waals surface area contributed by atoms with Crippen molar-refractivity contribution in [3.63, 3.8) is 0 Å². The van der Waals surface area contributed by atoms with E-state index in [0.717, 1.165) is 64.4 Å². The van der Waals surface area contributed by atoms with Crippen LogP contribution in [0.2, 0.25) is 0 Å². The summed E-state index contributed by atoms with van der Waals surface area (Å²) in [5.74, 6) is -1.71. The number of carboxylic acid groups (broad SMARTS) is 1. The molecule has 2 atom stereocenters. The number of sulfonamides is 1. The third kappa shape index (κ3) is 6.28. The summed E-state index contributed by atoms with van der Waals surface area (Å²) in [6.45, 7) is 6.52. The number of carbonyl (C=O) groups is 1. The third-order valence-electron chi connectivity index (χ3n) is 5.97. The van der Waals surface area contributed by atoms with Gasteiger partial charge in [0.25, 0.3) is 0 Å². The Morgan fingerprint density at radius 3 is 2.23 bits per heavy atom. The number of fused-ring (bicyclic) bond motifs is 1. The Morgan fingerprint density at radius 2 is 1.67 bits per heavy atom. The second-order valence-electron chi connectivity index (χ2n) is 8.35. The van der Waals surface area contributed by atoms with Gasteiger partial charge in [-0.25, -0.2) is 13.2 Å². The predicted octanol–water partition coefficient (Wildman–Crippen LogP) is 1.17. The first-order valence-electron chi connectivity index (χ1n) is 10.3. The molecule has 0 radical (unpaired) electrons. The maximum Gasteiger partial charge on any atom is 0.490 e. The van der Waals surface area contributed by atoms with Crippen molar-refractivity contribution < 1.29 is 41.0 Å². The van der Waals surface area contributed by atoms with Gasteiger partial charge in [0, 0.05) is 51.9 Å². The van der Waals surface area contributed by atoms with Gasteiger partial charge in [-0.2, -0.15) is 17.5 Å². The fourth-order valence-corrected chi connectivity index (χ4v) is 6.08. The number of nitrogens with zero attached hydrogens (tertiary/aromatic N) is 2. The molecule has 30 heavy (non-hydrogen) atoms. The molecule has 4 fully saturated rings. The minimum absolute atomic E-state index is 0.112. The van der Waals surface area contributed by atoms with Crippen LogP contribution in [0.3, 0.4) is 0 Å². The number of carboxylic acids is 1. The molecule has 3 heterocycles. The lowest BCUT2D eigenvalue weighted by Gasteiger charge is -2.27. The lowest BCUT2D eigenvalue weighted by molar-refractivity contribution is -0.192. The first-order valence-corrected chi connectivity index (χ1v) is 11.8. The van der Waals surface area contributed by atoms with Crippen molar-refractivity contribution in [3.8, 4) is 0 Å². The molecule has 174 valence electrons. The van der Waals surface area contributed by atoms with Gasteiger partial charge >= 0.3 is 12.1 Å². The van der Waals surface area contributed by atoms with Gasteiger partial charge in [-0.15, -0.1) is 0 Å². The molecule has 1 N–H and O–H groups in total. The Bertz CT molecular complexity index is 695. The zero-order valence-corrected chi connectivity index (χ0v) is 17.5. The number of halogens is 3. The lowest BCUT2D eigenvalue weighted by Crippen LogP contribution is -2.39. The number of rotatable bonds is 4. The fraction of sp³-hybridized carbons (Fsp3) is 0.944. The maximum atomic E-state index is 12.5. The Morgan fingerprint density at radius 1 is 1.03 bits per heavy atom. The molecule has 3 saturated heterocycles. The molecular formula is C18H29F3N2O6S. The predicted molar refractivity (Wildman–Crippen MR) is 100 cm³/mol. The van der Waals surface area contributed by atoms with Crippen molar-refractivity contribution in [2.45, 2.75) is 43.2 Å². The molecular weight excluding hydrogens is 429 g/mol. The van der Waals surface area contributed by atoms with E-state index in [4.69, 9.17) is 19.4 Å². The topological polar surface area (TPSA) is 96.4 Å². The minimum atomic E-state index is -5.08. The van der Waals surface area contributed by atoms with E-state index >= 15 is 0 Å². The van der Waals surface area contributed by atoms with Crippen LogP contribution in [0.1, 0.15) is 25.7 Å². The Hall–Kier alpha value is -0.950. The monoisotopic (exact) mass is 458 g/mol. The van der Waals surface area contributed by atoms with Crippen LogP contribution in [-0.2, 0) is 24.3 Å². The van der Waals surface area contributed by atoms with Crippen LogP contribution in [0.5, 0.6) is 0 Å². The highest BCUT2D eigenvalue weighted by atomic mass is 32.2. The van der Waals surface area contributed by atoms with E-state index in [0.29, 0.717) is 25.6 Å². The van der Waals surface area contributed by atoms with Crippen LogP contribution in [0, 0.1) is 11.8 Å². The molecule has 0 unspecified atom stereocenters. The molecule has 1 saturated carbocycles. The van der Waals surface area contributed by atoms with Crippen LogP contribution in [0.25, 0.3) is 0 Å². The Balaban J connectivity index is 0.000000318. The van der Waals surface area contributed by atoms with Crippen molar-refractivity contribution >= 4 is 16.0 Å². The van der Waals surface area contributed by atoms with Crippen LogP contribution < -0.4 is 0 Å². The molecule has 0 aromatic heterocycles. The summed E-state index contributed by atoms with van der Waals surface area (Å²) >= 11 is 0. The van der Waals surface area contributed by atoms with Gasteiger partial charge in [-0.3, -0.25) is 0 Å². The largest absolute Gasteiger partial charge is 0.490 e. The van der Waals surface area contributed by atoms with Crippen LogP contribution >= 0.6 is 0 Å². The van der Waals surface area contributed by atoms with Gasteiger partial charge in [-0.1, -0.05) is 0 Å². The Kier molecular flexibility index (Phi) is 7.65. The number of ether oxygens (including phenoxy) is 2. The third-order valence-corrected chi connectivity index (χ3v) is 8.34. The molecule has 0 spiro atoms. The van der Waals surface area contributed by atoms with Gasteiger partial charge in [0.1, 0.15) is 0 Å². The van der Waals surface area contributed by atoms with Gasteiger partial charge in [0.05, 0.1) is 18.0 Å². The fourth-order valence-electron chi connectivity index (χ4n) is 4.20. The molecule has 0 aromatic carbocycles. The summed E-state index contributed by atoms with van der Waals surface area (Å²) in [6, 6.07) is 0. The van der Waals surface area contributed by atoms with Crippen LogP contribution in [-0.4, -0.2) is 98.8 Å². The van der Waals surface area contributed by atoms with E-state index in [1.54, 1.807) is 4.31 Å². The number of hydrogen-bond donors (Lipinski definition) is 1. The molecule has 12 heteroatoms. The molecule has 1 aliphatic carbocycles. The van der Waals surface area contributed by atoms with Gasteiger partial charge in [-0.05, 0) is 31.6 Å². The number of likely N-dealkylation sites (tertiary alicyclic amines) is 1. The Labute approximate surface area is 174 Å². The standard InChI is InChI=1S/C16H28N2O4S.C2HF3O2/c19-23(20,15-1-2-15)18-5-8-22-16-12-17(10-14(16)11-18)9-13-3-6-21-7-4-13;3-2(4,5)1(6)7/h13-16H,1-12H2;(H,6,7)/t14-,16-;/m1./s1. The quantitative estimate of drug-likeness (QED) is 0.676. The average Bonchev–Trinajstić information content (AvgIpc) is 3.48. The van der Waals surface area contributed by atoms with Gasteiger partial charge < -0.3 is 19.5 Å². The summed E-state index contributed by atoms with van der Waals surface area (Å²) in [5.41, 5.74) is 0. The number of hydrogen-bond acceptors (Lipinski definition) is 6. The van der Waals surface area contributed by atoms with Crippen LogP contribution in [0.15, 0.2) is 0 Å². The zero-order valence-electron chi connectivity index (χ0n) is 16.7. The zero-order chi connectivity index (χ0) is 21.9. The molecule has 4 aliphatic rings. The van der Waals surface area contributed by atoms with E-state index < -0.39 is 22.2 Å². The average molecular weight is 458 g/mol. The molecule has 0 bridgehead atoms. The highest BCUT2D eigenvalue weighted by molar-refractivity contribution is 7.90. The van der Waals surface area contributed by atoms with E-state index in [2.05, 4.69) is 4.90 Å². The first-order chi connectivity index (χ1) is 14.1. The maximum absolute atomic E-state index is 12.5. The van der Waals surface area contributed by atoms with E-state index in [1.165, 1.54) is 0 Å². The van der Waals surface area contributed by atoms with E-state index in [-0.39, 0.29) is 11.4 Å². The summed E-state index contributed by atoms with van der Waals surface area (Å²) in [7, 11) is -3.08. The summed E-state index contributed by atoms with van der Waals surface area (Å²) in [4.78, 5) is 11.4. The second kappa shape index (κ2) is 9.68. The molecule has 0 aromatic rings. The van der Waals surface area contributed by atoms with Crippen LogP contribution in [0.4, 0.5) is 13.2 Å². The summed E-state index contributed by atoms with van der Waals surface area (Å²) in [6.07, 6.45) is -0.911. The minimum Gasteiger partial charge on any atom is -0.475 e. The van der Waals surface area contributed by atoms with Gasteiger partial charge in [0.15, 0.2) is 0 Å². The van der Waals surface area contributed by atoms with E-state index in [1.807, 2.05) is 0 Å². The highest BCUT2D eigenvalue weighted by Gasteiger charge is 2.44. The van der Waals surface area contributed by atoms with Gasteiger partial charge in [0.2, 0.25) is 10.0 Å². The number of alkyl halides is 3. The van der Waals surface area contributed by atoms with Crippen molar-refractivity contribution in [2.75, 3.05) is 52.5 Å². The van der Waals surface area contributed by atoms with Crippen molar-refractivity contribution in [2.24, 2.45) is 11.8 Å². The van der Waals surface area contributed by atoms with Crippen molar-refractivity contribution in [1.29, 1.82) is 0 Å². The summed E-state index contributed by atoms with van der Waals surface area (Å²) < 4.78 is 70.0. The molecule has 8 nitrogen and oxygen atoms in total. The molecule has 3 aliphatic heterocycles. The van der Waals surface area contributed by atoms with E-state index in [9.17, 15) is 21.6 Å². The summed E-state index contributed by atoms with van der Waals surface area (Å²) in [5, 5.41) is 7.01. The highest BCUT2D eigenvalue weighted by Crippen LogP contribution is 2.34. The first kappa shape index (κ1) is 23.7. The SMILES string of the molecule is O=C(O)C(F)(F)F.O=S(=O)(C1CC1)N1CCO[C@@H]2CN(CC3CCOCC3)C[C@@H]2C1. The molecule has 0 amide bonds. The second-order valence-corrected chi connectivity index (χ2v) is 10.6. The smallest absolute Gasteiger partial charge is 0.475 e. The van der Waals surface area contributed by atoms with Crippen molar-refractivity contribution in [3.05, 3.63) is 0 Å². The normalized spacial score (nSPS) is 29.6. The number of aliphatic carboxylic acids is 1. The molecule has 4 rings (SSSR count).